The van der Waals surface area contributed by atoms with Crippen molar-refractivity contribution in [2.45, 2.75) is 30.2 Å². The first-order valence-electron chi connectivity index (χ1n) is 6.64. The van der Waals surface area contributed by atoms with Crippen LogP contribution in [0, 0.1) is 0 Å². The molecule has 2 aliphatic rings. The standard InChI is InChI=1S/C13H18N2O3S/c16-19(17,15-11-3-6-14-7-4-11)12-1-2-13-10(9-12)5-8-18-13/h1-2,9,11,14-15H,3-8H2. The van der Waals surface area contributed by atoms with Gasteiger partial charge in [0.05, 0.1) is 11.5 Å². The molecule has 0 aromatic heterocycles. The van der Waals surface area contributed by atoms with E-state index in [0.717, 1.165) is 43.7 Å². The molecule has 0 unspecified atom stereocenters. The van der Waals surface area contributed by atoms with E-state index in [0.29, 0.717) is 11.5 Å². The van der Waals surface area contributed by atoms with Crippen molar-refractivity contribution in [2.24, 2.45) is 0 Å². The number of piperidine rings is 1. The van der Waals surface area contributed by atoms with Crippen LogP contribution in [0.3, 0.4) is 0 Å². The maximum Gasteiger partial charge on any atom is 0.240 e. The van der Waals surface area contributed by atoms with Crippen LogP contribution in [0.25, 0.3) is 0 Å². The summed E-state index contributed by atoms with van der Waals surface area (Å²) in [6.07, 6.45) is 2.46. The Morgan fingerprint density at radius 1 is 1.26 bits per heavy atom. The van der Waals surface area contributed by atoms with E-state index in [1.807, 2.05) is 0 Å². The van der Waals surface area contributed by atoms with Gasteiger partial charge in [0.25, 0.3) is 0 Å². The molecule has 19 heavy (non-hydrogen) atoms. The van der Waals surface area contributed by atoms with E-state index in [-0.39, 0.29) is 6.04 Å². The van der Waals surface area contributed by atoms with Crippen LogP contribution in [0.2, 0.25) is 0 Å². The zero-order valence-electron chi connectivity index (χ0n) is 10.7. The van der Waals surface area contributed by atoms with Gasteiger partial charge in [0.1, 0.15) is 5.75 Å². The van der Waals surface area contributed by atoms with Crippen LogP contribution in [-0.4, -0.2) is 34.2 Å². The highest BCUT2D eigenvalue weighted by Crippen LogP contribution is 2.27. The van der Waals surface area contributed by atoms with Gasteiger partial charge < -0.3 is 10.1 Å². The van der Waals surface area contributed by atoms with E-state index in [2.05, 4.69) is 10.0 Å². The molecular formula is C13H18N2O3S. The lowest BCUT2D eigenvalue weighted by molar-refractivity contribution is 0.356. The quantitative estimate of drug-likeness (QED) is 0.854. The maximum atomic E-state index is 12.3. The summed E-state index contributed by atoms with van der Waals surface area (Å²) in [6.45, 7) is 2.37. The third-order valence-electron chi connectivity index (χ3n) is 3.63. The topological polar surface area (TPSA) is 67.4 Å². The van der Waals surface area contributed by atoms with Crippen molar-refractivity contribution in [3.05, 3.63) is 23.8 Å². The highest BCUT2D eigenvalue weighted by molar-refractivity contribution is 7.89. The molecule has 2 aliphatic heterocycles. The molecule has 0 bridgehead atoms. The first-order valence-corrected chi connectivity index (χ1v) is 8.12. The fourth-order valence-corrected chi connectivity index (χ4v) is 3.91. The highest BCUT2D eigenvalue weighted by atomic mass is 32.2. The lowest BCUT2D eigenvalue weighted by Gasteiger charge is -2.23. The Hall–Kier alpha value is -1.11. The molecule has 0 spiro atoms. The first-order chi connectivity index (χ1) is 9.15. The van der Waals surface area contributed by atoms with Crippen molar-refractivity contribution in [1.82, 2.24) is 10.0 Å². The smallest absolute Gasteiger partial charge is 0.240 e. The second-order valence-electron chi connectivity index (χ2n) is 5.01. The Morgan fingerprint density at radius 3 is 2.84 bits per heavy atom. The second-order valence-corrected chi connectivity index (χ2v) is 6.73. The number of fused-ring (bicyclic) bond motifs is 1. The minimum absolute atomic E-state index is 0.0377. The van der Waals surface area contributed by atoms with Crippen LogP contribution >= 0.6 is 0 Å². The summed E-state index contributed by atoms with van der Waals surface area (Å²) in [4.78, 5) is 0.343. The van der Waals surface area contributed by atoms with Gasteiger partial charge in [-0.2, -0.15) is 0 Å². The van der Waals surface area contributed by atoms with Crippen LogP contribution in [0.5, 0.6) is 5.75 Å². The number of hydrogen-bond donors (Lipinski definition) is 2. The Morgan fingerprint density at radius 2 is 2.05 bits per heavy atom. The van der Waals surface area contributed by atoms with Crippen LogP contribution < -0.4 is 14.8 Å². The lowest BCUT2D eigenvalue weighted by atomic mass is 10.1. The fourth-order valence-electron chi connectivity index (χ4n) is 2.56. The minimum Gasteiger partial charge on any atom is -0.493 e. The van der Waals surface area contributed by atoms with Gasteiger partial charge in [-0.05, 0) is 49.7 Å². The Bertz CT molecular complexity index is 565. The Labute approximate surface area is 113 Å². The average Bonchev–Trinajstić information content (AvgIpc) is 2.86. The van der Waals surface area contributed by atoms with Crippen LogP contribution in [0.4, 0.5) is 0 Å². The number of sulfonamides is 1. The number of ether oxygens (including phenoxy) is 1. The molecule has 2 heterocycles. The molecule has 6 heteroatoms. The molecule has 104 valence electrons. The zero-order chi connectivity index (χ0) is 13.3. The molecule has 0 aliphatic carbocycles. The fraction of sp³-hybridized carbons (Fsp3) is 0.538. The molecule has 0 amide bonds. The predicted octanol–water partition coefficient (Wildman–Crippen LogP) is 0.652. The summed E-state index contributed by atoms with van der Waals surface area (Å²) in [5, 5.41) is 3.22. The van der Waals surface area contributed by atoms with E-state index < -0.39 is 10.0 Å². The molecule has 1 aromatic rings. The number of hydrogen-bond acceptors (Lipinski definition) is 4. The van der Waals surface area contributed by atoms with Gasteiger partial charge in [-0.25, -0.2) is 13.1 Å². The summed E-state index contributed by atoms with van der Waals surface area (Å²) in [6, 6.07) is 5.13. The zero-order valence-corrected chi connectivity index (χ0v) is 11.5. The summed E-state index contributed by atoms with van der Waals surface area (Å²) < 4.78 is 32.8. The molecule has 0 radical (unpaired) electrons. The average molecular weight is 282 g/mol. The molecule has 5 nitrogen and oxygen atoms in total. The SMILES string of the molecule is O=S(=O)(NC1CCNCC1)c1ccc2c(c1)CCO2. The van der Waals surface area contributed by atoms with E-state index in [1.165, 1.54) is 0 Å². The molecule has 0 atom stereocenters. The van der Waals surface area contributed by atoms with Gasteiger partial charge in [-0.1, -0.05) is 0 Å². The number of benzene rings is 1. The molecule has 1 saturated heterocycles. The summed E-state index contributed by atoms with van der Waals surface area (Å²) >= 11 is 0. The van der Waals surface area contributed by atoms with Gasteiger partial charge >= 0.3 is 0 Å². The molecule has 2 N–H and O–H groups in total. The van der Waals surface area contributed by atoms with E-state index >= 15 is 0 Å². The van der Waals surface area contributed by atoms with Crippen molar-refractivity contribution >= 4 is 10.0 Å². The summed E-state index contributed by atoms with van der Waals surface area (Å²) in [7, 11) is -3.41. The van der Waals surface area contributed by atoms with Crippen molar-refractivity contribution in [2.75, 3.05) is 19.7 Å². The van der Waals surface area contributed by atoms with Crippen molar-refractivity contribution in [3.63, 3.8) is 0 Å². The first kappa shape index (κ1) is 12.9. The van der Waals surface area contributed by atoms with Gasteiger partial charge in [0, 0.05) is 12.5 Å². The Balaban J connectivity index is 1.79. The lowest BCUT2D eigenvalue weighted by Crippen LogP contribution is -2.42. The summed E-state index contributed by atoms with van der Waals surface area (Å²) in [5.41, 5.74) is 0.980. The molecular weight excluding hydrogens is 264 g/mol. The highest BCUT2D eigenvalue weighted by Gasteiger charge is 2.23. The van der Waals surface area contributed by atoms with Gasteiger partial charge in [0.2, 0.25) is 10.0 Å². The minimum atomic E-state index is -3.41. The van der Waals surface area contributed by atoms with Crippen molar-refractivity contribution in [1.29, 1.82) is 0 Å². The van der Waals surface area contributed by atoms with Gasteiger partial charge in [-0.15, -0.1) is 0 Å². The largest absolute Gasteiger partial charge is 0.493 e. The summed E-state index contributed by atoms with van der Waals surface area (Å²) in [5.74, 6) is 0.806. The predicted molar refractivity (Wildman–Crippen MR) is 71.9 cm³/mol. The van der Waals surface area contributed by atoms with Crippen LogP contribution in [-0.2, 0) is 16.4 Å². The van der Waals surface area contributed by atoms with Crippen LogP contribution in [0.15, 0.2) is 23.1 Å². The monoisotopic (exact) mass is 282 g/mol. The third-order valence-corrected chi connectivity index (χ3v) is 5.15. The normalized spacial score (nSPS) is 20.0. The second kappa shape index (κ2) is 5.11. The molecule has 1 fully saturated rings. The molecule has 3 rings (SSSR count). The molecule has 0 saturated carbocycles. The van der Waals surface area contributed by atoms with E-state index in [4.69, 9.17) is 4.74 Å². The van der Waals surface area contributed by atoms with Crippen molar-refractivity contribution < 1.29 is 13.2 Å². The number of nitrogens with one attached hydrogen (secondary N) is 2. The van der Waals surface area contributed by atoms with Crippen molar-refractivity contribution in [3.8, 4) is 5.75 Å². The third kappa shape index (κ3) is 2.75. The molecule has 1 aromatic carbocycles. The van der Waals surface area contributed by atoms with E-state index in [1.54, 1.807) is 18.2 Å². The van der Waals surface area contributed by atoms with E-state index in [9.17, 15) is 8.42 Å². The Kier molecular flexibility index (Phi) is 3.47. The van der Waals surface area contributed by atoms with Gasteiger partial charge in [0.15, 0.2) is 0 Å². The van der Waals surface area contributed by atoms with Crippen LogP contribution in [0.1, 0.15) is 18.4 Å². The number of rotatable bonds is 3. The van der Waals surface area contributed by atoms with Gasteiger partial charge in [-0.3, -0.25) is 0 Å². The maximum absolute atomic E-state index is 12.3.